The van der Waals surface area contributed by atoms with Crippen molar-refractivity contribution in [1.29, 1.82) is 0 Å². The van der Waals surface area contributed by atoms with Crippen LogP contribution >= 0.6 is 12.6 Å². The van der Waals surface area contributed by atoms with Gasteiger partial charge in [0.15, 0.2) is 0 Å². The van der Waals surface area contributed by atoms with Crippen LogP contribution in [0.15, 0.2) is 31.1 Å². The summed E-state index contributed by atoms with van der Waals surface area (Å²) in [5, 5.41) is 19.1. The lowest BCUT2D eigenvalue weighted by atomic mass is 10.1. The van der Waals surface area contributed by atoms with Crippen molar-refractivity contribution in [2.75, 3.05) is 5.75 Å². The van der Waals surface area contributed by atoms with Gasteiger partial charge in [0.1, 0.15) is 12.4 Å². The predicted molar refractivity (Wildman–Crippen MR) is 64.0 cm³/mol. The summed E-state index contributed by atoms with van der Waals surface area (Å²) in [4.78, 5) is 12.0. The second kappa shape index (κ2) is 5.26. The van der Waals surface area contributed by atoms with Crippen molar-refractivity contribution in [2.24, 2.45) is 0 Å². The molecule has 2 rings (SSSR count). The predicted octanol–water partition coefficient (Wildman–Crippen LogP) is -0.0136. The van der Waals surface area contributed by atoms with Gasteiger partial charge in [-0.3, -0.25) is 4.57 Å². The Kier molecular flexibility index (Phi) is 3.72. The quantitative estimate of drug-likeness (QED) is 0.666. The molecule has 0 aromatic carbocycles. The molecule has 2 atom stereocenters. The molecular formula is C10H12N4O2S. The molecule has 0 radical (unpaired) electrons. The van der Waals surface area contributed by atoms with Crippen molar-refractivity contribution in [3.63, 3.8) is 0 Å². The molecule has 2 aromatic rings. The molecule has 6 nitrogen and oxygen atoms in total. The highest BCUT2D eigenvalue weighted by molar-refractivity contribution is 7.80. The normalized spacial score (nSPS) is 14.5. The van der Waals surface area contributed by atoms with Gasteiger partial charge in [0.2, 0.25) is 5.95 Å². The van der Waals surface area contributed by atoms with Gasteiger partial charge < -0.3 is 10.2 Å². The molecule has 0 aliphatic rings. The Morgan fingerprint density at radius 2 is 2.00 bits per heavy atom. The minimum absolute atomic E-state index is 0.171. The second-order valence-corrected chi connectivity index (χ2v) is 3.85. The molecule has 0 aliphatic carbocycles. The van der Waals surface area contributed by atoms with Crippen LogP contribution in [-0.2, 0) is 0 Å². The molecule has 7 heteroatoms. The first-order chi connectivity index (χ1) is 8.22. The largest absolute Gasteiger partial charge is 0.389 e. The zero-order valence-electron chi connectivity index (χ0n) is 8.88. The van der Waals surface area contributed by atoms with E-state index in [-0.39, 0.29) is 5.75 Å². The molecule has 2 aromatic heterocycles. The van der Waals surface area contributed by atoms with E-state index in [4.69, 9.17) is 0 Å². The third-order valence-corrected chi connectivity index (χ3v) is 2.66. The van der Waals surface area contributed by atoms with Crippen molar-refractivity contribution in [1.82, 2.24) is 19.5 Å². The Bertz CT molecular complexity index is 460. The first kappa shape index (κ1) is 12.0. The lowest BCUT2D eigenvalue weighted by Crippen LogP contribution is -2.20. The molecule has 2 N–H and O–H groups in total. The number of rotatable bonds is 4. The van der Waals surface area contributed by atoms with Crippen LogP contribution in [0.4, 0.5) is 0 Å². The maximum Gasteiger partial charge on any atom is 0.234 e. The van der Waals surface area contributed by atoms with Crippen molar-refractivity contribution < 1.29 is 10.2 Å². The number of thiol groups is 1. The van der Waals surface area contributed by atoms with E-state index in [1.807, 2.05) is 0 Å². The van der Waals surface area contributed by atoms with E-state index in [1.54, 1.807) is 23.3 Å². The summed E-state index contributed by atoms with van der Waals surface area (Å²) in [6.07, 6.45) is 5.91. The van der Waals surface area contributed by atoms with Crippen molar-refractivity contribution in [3.05, 3.63) is 36.7 Å². The fourth-order valence-electron chi connectivity index (χ4n) is 1.32. The standard InChI is InChI=1S/C10H12N4O2S/c15-8(5-17)9(16)7-3-12-10(13-4-7)14-2-1-11-6-14/h1-4,6,8-9,15-17H,5H2. The first-order valence-corrected chi connectivity index (χ1v) is 5.63. The van der Waals surface area contributed by atoms with Crippen molar-refractivity contribution in [3.8, 4) is 5.95 Å². The Balaban J connectivity index is 2.18. The number of hydrogen-bond acceptors (Lipinski definition) is 6. The number of aliphatic hydroxyl groups is 2. The molecule has 2 heterocycles. The van der Waals surface area contributed by atoms with Gasteiger partial charge in [-0.1, -0.05) is 0 Å². The Morgan fingerprint density at radius 3 is 2.53 bits per heavy atom. The number of nitrogens with zero attached hydrogens (tertiary/aromatic N) is 4. The summed E-state index contributed by atoms with van der Waals surface area (Å²) in [7, 11) is 0. The third-order valence-electron chi connectivity index (χ3n) is 2.29. The topological polar surface area (TPSA) is 84.1 Å². The average Bonchev–Trinajstić information content (AvgIpc) is 2.91. The Hall–Kier alpha value is -1.44. The average molecular weight is 252 g/mol. The molecule has 0 saturated heterocycles. The van der Waals surface area contributed by atoms with Crippen LogP contribution < -0.4 is 0 Å². The minimum Gasteiger partial charge on any atom is -0.389 e. The van der Waals surface area contributed by atoms with Crippen LogP contribution in [0.3, 0.4) is 0 Å². The van der Waals surface area contributed by atoms with Crippen LogP contribution in [0.1, 0.15) is 11.7 Å². The summed E-state index contributed by atoms with van der Waals surface area (Å²) in [5.41, 5.74) is 0.454. The minimum atomic E-state index is -1.02. The van der Waals surface area contributed by atoms with E-state index in [0.29, 0.717) is 11.5 Å². The van der Waals surface area contributed by atoms with Gasteiger partial charge in [-0.2, -0.15) is 12.6 Å². The zero-order chi connectivity index (χ0) is 12.3. The van der Waals surface area contributed by atoms with E-state index in [2.05, 4.69) is 27.6 Å². The SMILES string of the molecule is OC(CS)C(O)c1cnc(-n2ccnc2)nc1. The van der Waals surface area contributed by atoms with Crippen LogP contribution in [0, 0.1) is 0 Å². The number of aliphatic hydroxyl groups excluding tert-OH is 2. The second-order valence-electron chi connectivity index (χ2n) is 3.48. The smallest absolute Gasteiger partial charge is 0.234 e. The number of imidazole rings is 1. The highest BCUT2D eigenvalue weighted by Crippen LogP contribution is 2.16. The molecule has 90 valence electrons. The maximum absolute atomic E-state index is 9.71. The van der Waals surface area contributed by atoms with E-state index in [1.165, 1.54) is 12.4 Å². The summed E-state index contributed by atoms with van der Waals surface area (Å²) in [5.74, 6) is 0.628. The molecule has 0 amide bonds. The maximum atomic E-state index is 9.71. The highest BCUT2D eigenvalue weighted by Gasteiger charge is 2.17. The summed E-state index contributed by atoms with van der Waals surface area (Å²) in [6.45, 7) is 0. The molecule has 17 heavy (non-hydrogen) atoms. The third kappa shape index (κ3) is 2.63. The fraction of sp³-hybridized carbons (Fsp3) is 0.300. The molecule has 2 unspecified atom stereocenters. The first-order valence-electron chi connectivity index (χ1n) is 4.99. The van der Waals surface area contributed by atoms with Crippen LogP contribution in [0.25, 0.3) is 5.95 Å². The summed E-state index contributed by atoms with van der Waals surface area (Å²) >= 11 is 3.91. The summed E-state index contributed by atoms with van der Waals surface area (Å²) in [6, 6.07) is 0. The van der Waals surface area contributed by atoms with Gasteiger partial charge >= 0.3 is 0 Å². The van der Waals surface area contributed by atoms with Gasteiger partial charge in [0.05, 0.1) is 6.10 Å². The number of hydrogen-bond donors (Lipinski definition) is 3. The summed E-state index contributed by atoms with van der Waals surface area (Å²) < 4.78 is 1.64. The van der Waals surface area contributed by atoms with E-state index in [9.17, 15) is 10.2 Å². The van der Waals surface area contributed by atoms with Gasteiger partial charge in [-0.15, -0.1) is 0 Å². The molecule has 0 bridgehead atoms. The van der Waals surface area contributed by atoms with Gasteiger partial charge in [0, 0.05) is 36.1 Å². The zero-order valence-corrected chi connectivity index (χ0v) is 9.77. The van der Waals surface area contributed by atoms with Crippen LogP contribution in [-0.4, -0.2) is 41.6 Å². The van der Waals surface area contributed by atoms with E-state index < -0.39 is 12.2 Å². The number of aromatic nitrogens is 4. The van der Waals surface area contributed by atoms with Crippen LogP contribution in [0.5, 0.6) is 0 Å². The Morgan fingerprint density at radius 1 is 1.29 bits per heavy atom. The van der Waals surface area contributed by atoms with Crippen molar-refractivity contribution >= 4 is 12.6 Å². The lowest BCUT2D eigenvalue weighted by molar-refractivity contribution is 0.0333. The van der Waals surface area contributed by atoms with Crippen LogP contribution in [0.2, 0.25) is 0 Å². The fourth-order valence-corrected chi connectivity index (χ4v) is 1.52. The van der Waals surface area contributed by atoms with E-state index >= 15 is 0 Å². The van der Waals surface area contributed by atoms with E-state index in [0.717, 1.165) is 0 Å². The molecule has 0 aliphatic heterocycles. The van der Waals surface area contributed by atoms with Crippen molar-refractivity contribution in [2.45, 2.75) is 12.2 Å². The molecule has 0 saturated carbocycles. The highest BCUT2D eigenvalue weighted by atomic mass is 32.1. The monoisotopic (exact) mass is 252 g/mol. The molecule has 0 fully saturated rings. The molecular weight excluding hydrogens is 240 g/mol. The lowest BCUT2D eigenvalue weighted by Gasteiger charge is -2.15. The van der Waals surface area contributed by atoms with Gasteiger partial charge in [0.25, 0.3) is 0 Å². The molecule has 0 spiro atoms. The van der Waals surface area contributed by atoms with Gasteiger partial charge in [-0.05, 0) is 0 Å². The van der Waals surface area contributed by atoms with Gasteiger partial charge in [-0.25, -0.2) is 15.0 Å². The Labute approximate surface area is 103 Å².